The fourth-order valence-electron chi connectivity index (χ4n) is 4.76. The minimum absolute atomic E-state index is 0.0177. The predicted molar refractivity (Wildman–Crippen MR) is 140 cm³/mol. The average Bonchev–Trinajstić information content (AvgIpc) is 3.34. The number of benzene rings is 2. The van der Waals surface area contributed by atoms with Crippen LogP contribution < -0.4 is 20.9 Å². The molecule has 3 aromatic rings. The van der Waals surface area contributed by atoms with Gasteiger partial charge in [0.2, 0.25) is 0 Å². The van der Waals surface area contributed by atoms with Crippen molar-refractivity contribution in [2.75, 3.05) is 5.32 Å². The van der Waals surface area contributed by atoms with E-state index in [9.17, 15) is 37.8 Å². The van der Waals surface area contributed by atoms with Crippen molar-refractivity contribution in [3.8, 4) is 11.5 Å². The first kappa shape index (κ1) is 28.8. The van der Waals surface area contributed by atoms with Gasteiger partial charge in [-0.1, -0.05) is 35.9 Å². The topological polar surface area (TPSA) is 130 Å². The van der Waals surface area contributed by atoms with Crippen LogP contribution in [0.1, 0.15) is 46.8 Å². The lowest BCUT2D eigenvalue weighted by Crippen LogP contribution is -2.37. The number of fused-ring (bicyclic) bond motifs is 1. The van der Waals surface area contributed by atoms with Crippen molar-refractivity contribution in [1.82, 2.24) is 9.88 Å². The first-order valence-corrected chi connectivity index (χ1v) is 12.6. The lowest BCUT2D eigenvalue weighted by Gasteiger charge is -2.21. The zero-order valence-electron chi connectivity index (χ0n) is 21.1. The number of nitrogens with one attached hydrogen (secondary N) is 2. The first-order valence-electron chi connectivity index (χ1n) is 12.2. The summed E-state index contributed by atoms with van der Waals surface area (Å²) in [6.07, 6.45) is -3.98. The van der Waals surface area contributed by atoms with Gasteiger partial charge in [0.25, 0.3) is 5.56 Å². The number of carboxylic acids is 1. The number of urea groups is 1. The van der Waals surface area contributed by atoms with E-state index in [1.54, 1.807) is 12.1 Å². The van der Waals surface area contributed by atoms with Gasteiger partial charge in [-0.05, 0) is 61.1 Å². The molecule has 1 heterocycles. The molecule has 2 amide bonds. The monoisotopic (exact) mass is 579 g/mol. The van der Waals surface area contributed by atoms with Crippen molar-refractivity contribution >= 4 is 29.3 Å². The second kappa shape index (κ2) is 11.5. The number of anilines is 1. The summed E-state index contributed by atoms with van der Waals surface area (Å²) in [4.78, 5) is 37.9. The number of alkyl halides is 3. The Morgan fingerprint density at radius 3 is 2.58 bits per heavy atom. The molecule has 1 aliphatic rings. The van der Waals surface area contributed by atoms with E-state index in [4.69, 9.17) is 11.6 Å². The molecule has 212 valence electrons. The summed E-state index contributed by atoms with van der Waals surface area (Å²) in [6, 6.07) is 7.50. The summed E-state index contributed by atoms with van der Waals surface area (Å²) in [6.45, 7) is 1.94. The number of ether oxygens (including phenoxy) is 1. The summed E-state index contributed by atoms with van der Waals surface area (Å²) >= 11 is 6.38. The van der Waals surface area contributed by atoms with E-state index in [1.807, 2.05) is 13.0 Å². The van der Waals surface area contributed by atoms with E-state index in [1.165, 1.54) is 16.7 Å². The SMILES string of the molecule is Cc1cccc(Cl)c1Cn1c2c(c(O)c(NC(=O)N[C@@H](CC(=O)O)c3cccc(OC(F)(F)F)c3)c1=O)CCC2. The van der Waals surface area contributed by atoms with Crippen LogP contribution in [-0.4, -0.2) is 33.1 Å². The third-order valence-corrected chi connectivity index (χ3v) is 6.94. The van der Waals surface area contributed by atoms with Gasteiger partial charge in [-0.25, -0.2) is 4.79 Å². The number of carboxylic acid groups (broad SMARTS) is 1. The Morgan fingerprint density at radius 1 is 1.18 bits per heavy atom. The molecule has 0 unspecified atom stereocenters. The number of hydrogen-bond acceptors (Lipinski definition) is 5. The number of aryl methyl sites for hydroxylation is 1. The second-order valence-electron chi connectivity index (χ2n) is 9.30. The van der Waals surface area contributed by atoms with Crippen molar-refractivity contribution in [2.24, 2.45) is 0 Å². The van der Waals surface area contributed by atoms with Gasteiger partial charge in [-0.2, -0.15) is 0 Å². The number of carbonyl (C=O) groups is 2. The van der Waals surface area contributed by atoms with Crippen LogP contribution in [0.25, 0.3) is 0 Å². The van der Waals surface area contributed by atoms with E-state index in [0.29, 0.717) is 41.1 Å². The van der Waals surface area contributed by atoms with Crippen LogP contribution in [-0.2, 0) is 24.2 Å². The third-order valence-electron chi connectivity index (χ3n) is 6.58. The third kappa shape index (κ3) is 6.50. The maximum Gasteiger partial charge on any atom is 0.573 e. The fraction of sp³-hybridized carbons (Fsp3) is 0.296. The van der Waals surface area contributed by atoms with E-state index in [0.717, 1.165) is 17.7 Å². The Hall–Kier alpha value is -4.19. The van der Waals surface area contributed by atoms with Gasteiger partial charge in [0.1, 0.15) is 11.5 Å². The Bertz CT molecular complexity index is 1500. The molecule has 4 rings (SSSR count). The highest BCUT2D eigenvalue weighted by molar-refractivity contribution is 6.31. The average molecular weight is 580 g/mol. The highest BCUT2D eigenvalue weighted by atomic mass is 35.5. The van der Waals surface area contributed by atoms with Crippen molar-refractivity contribution < 1.29 is 37.7 Å². The van der Waals surface area contributed by atoms with Gasteiger partial charge in [0.05, 0.1) is 19.0 Å². The molecular formula is C27H25ClF3N3O6. The minimum atomic E-state index is -4.97. The van der Waals surface area contributed by atoms with E-state index < -0.39 is 53.6 Å². The van der Waals surface area contributed by atoms with Crippen molar-refractivity contribution in [3.63, 3.8) is 0 Å². The van der Waals surface area contributed by atoms with E-state index in [2.05, 4.69) is 15.4 Å². The number of aromatic nitrogens is 1. The molecule has 4 N–H and O–H groups in total. The number of carbonyl (C=O) groups excluding carboxylic acids is 1. The summed E-state index contributed by atoms with van der Waals surface area (Å²) < 4.78 is 43.3. The van der Waals surface area contributed by atoms with Gasteiger partial charge >= 0.3 is 18.4 Å². The molecule has 0 bridgehead atoms. The summed E-state index contributed by atoms with van der Waals surface area (Å²) in [5.74, 6) is -2.34. The Kier molecular flexibility index (Phi) is 8.29. The number of amides is 2. The quantitative estimate of drug-likeness (QED) is 0.287. The van der Waals surface area contributed by atoms with Gasteiger partial charge in [0, 0.05) is 16.3 Å². The molecule has 0 saturated carbocycles. The van der Waals surface area contributed by atoms with Crippen molar-refractivity contribution in [2.45, 2.75) is 51.6 Å². The molecule has 1 atom stereocenters. The standard InChI is InChI=1S/C27H25ClF3N3O6/c1-14-5-2-9-19(28)18(14)13-34-21-10-4-8-17(21)24(37)23(25(34)38)33-26(39)32-20(12-22(35)36)15-6-3-7-16(11-15)40-27(29,30)31/h2-3,5-7,9,11,20,37H,4,8,10,12-13H2,1H3,(H,35,36)(H2,32,33,39)/t20-/m0/s1. The smallest absolute Gasteiger partial charge is 0.505 e. The zero-order valence-corrected chi connectivity index (χ0v) is 21.9. The number of aliphatic carboxylic acids is 1. The molecule has 1 aliphatic carbocycles. The molecule has 0 fully saturated rings. The lowest BCUT2D eigenvalue weighted by atomic mass is 10.0. The van der Waals surface area contributed by atoms with Gasteiger partial charge in [-0.3, -0.25) is 9.59 Å². The van der Waals surface area contributed by atoms with Crippen LogP contribution in [0.2, 0.25) is 5.02 Å². The summed E-state index contributed by atoms with van der Waals surface area (Å²) in [7, 11) is 0. The molecule has 0 aliphatic heterocycles. The van der Waals surface area contributed by atoms with Crippen LogP contribution in [0.5, 0.6) is 11.5 Å². The first-order chi connectivity index (χ1) is 18.8. The Balaban J connectivity index is 1.65. The van der Waals surface area contributed by atoms with Gasteiger partial charge in [0.15, 0.2) is 5.69 Å². The van der Waals surface area contributed by atoms with E-state index >= 15 is 0 Å². The maximum absolute atomic E-state index is 13.5. The number of nitrogens with zero attached hydrogens (tertiary/aromatic N) is 1. The summed E-state index contributed by atoms with van der Waals surface area (Å²) in [5, 5.41) is 25.3. The van der Waals surface area contributed by atoms with Gasteiger partial charge < -0.3 is 30.2 Å². The molecule has 0 saturated heterocycles. The number of aromatic hydroxyl groups is 1. The largest absolute Gasteiger partial charge is 0.573 e. The summed E-state index contributed by atoms with van der Waals surface area (Å²) in [5.41, 5.74) is 1.58. The number of rotatable bonds is 8. The molecule has 2 aromatic carbocycles. The van der Waals surface area contributed by atoms with Crippen LogP contribution in [0, 0.1) is 6.92 Å². The normalized spacial score (nSPS) is 13.4. The predicted octanol–water partition coefficient (Wildman–Crippen LogP) is 5.29. The highest BCUT2D eigenvalue weighted by Crippen LogP contribution is 2.35. The van der Waals surface area contributed by atoms with Crippen molar-refractivity contribution in [3.05, 3.63) is 85.8 Å². The van der Waals surface area contributed by atoms with Crippen LogP contribution in [0.4, 0.5) is 23.7 Å². The molecule has 1 aromatic heterocycles. The number of pyridine rings is 1. The molecule has 0 radical (unpaired) electrons. The van der Waals surface area contributed by atoms with Crippen LogP contribution >= 0.6 is 11.6 Å². The molecule has 40 heavy (non-hydrogen) atoms. The zero-order chi connectivity index (χ0) is 29.2. The Morgan fingerprint density at radius 2 is 1.90 bits per heavy atom. The molecular weight excluding hydrogens is 555 g/mol. The maximum atomic E-state index is 13.5. The minimum Gasteiger partial charge on any atom is -0.505 e. The molecule has 9 nitrogen and oxygen atoms in total. The number of hydrogen-bond donors (Lipinski definition) is 4. The number of halogens is 4. The molecule has 13 heteroatoms. The second-order valence-corrected chi connectivity index (χ2v) is 9.71. The van der Waals surface area contributed by atoms with E-state index in [-0.39, 0.29) is 12.1 Å². The van der Waals surface area contributed by atoms with Crippen molar-refractivity contribution in [1.29, 1.82) is 0 Å². The Labute approximate surface area is 231 Å². The highest BCUT2D eigenvalue weighted by Gasteiger charge is 2.32. The fourth-order valence-corrected chi connectivity index (χ4v) is 5.04. The van der Waals surface area contributed by atoms with Gasteiger partial charge in [-0.15, -0.1) is 13.2 Å². The van der Waals surface area contributed by atoms with Crippen LogP contribution in [0.15, 0.2) is 47.3 Å². The van der Waals surface area contributed by atoms with Crippen LogP contribution in [0.3, 0.4) is 0 Å². The molecule has 0 spiro atoms. The lowest BCUT2D eigenvalue weighted by molar-refractivity contribution is -0.274.